The fraction of sp³-hybridized carbons (Fsp3) is 0.500. The van der Waals surface area contributed by atoms with E-state index in [1.807, 2.05) is 47.9 Å². The van der Waals surface area contributed by atoms with E-state index in [1.54, 1.807) is 0 Å². The number of hydrogen-bond donors (Lipinski definition) is 1. The Labute approximate surface area is 275 Å². The van der Waals surface area contributed by atoms with Crippen LogP contribution in [0.2, 0.25) is 0 Å². The Morgan fingerprint density at radius 1 is 1.12 bits per heavy atom. The van der Waals surface area contributed by atoms with Gasteiger partial charge in [-0.05, 0) is 80.8 Å². The number of para-hydroxylation sites is 2. The average molecular weight is 670 g/mol. The third-order valence-corrected chi connectivity index (χ3v) is 10.1. The van der Waals surface area contributed by atoms with Crippen LogP contribution < -0.4 is 4.74 Å². The molecule has 0 bridgehead atoms. The van der Waals surface area contributed by atoms with E-state index in [0.717, 1.165) is 36.0 Å². The number of imidazole rings is 1. The van der Waals surface area contributed by atoms with Gasteiger partial charge in [-0.15, -0.1) is 0 Å². The number of halogens is 4. The Hall–Kier alpha value is -4.22. The minimum atomic E-state index is -4.76. The van der Waals surface area contributed by atoms with Gasteiger partial charge >= 0.3 is 12.1 Å². The van der Waals surface area contributed by atoms with Crippen molar-refractivity contribution in [1.82, 2.24) is 14.5 Å². The molecule has 1 aromatic heterocycles. The quantitative estimate of drug-likeness (QED) is 0.224. The molecule has 0 radical (unpaired) electrons. The predicted octanol–water partition coefficient (Wildman–Crippen LogP) is 6.99. The molecule has 2 aromatic carbocycles. The number of nitrogens with zero attached hydrogens (tertiary/aromatic N) is 3. The number of aryl methyl sites for hydroxylation is 1. The molecular formula is C36H39F4N3O5. The van der Waals surface area contributed by atoms with E-state index >= 15 is 0 Å². The standard InChI is InChI=1S/C36H39F4N3O5/c1-2-42-29-13-9-8-12-28(29)41-34(42)48-27-18-30-31(44)20-35(33(46)47)19-24(35)11-7-5-3-4-6-10-23(32(45)43(30)21-27)14-22-15-25(36(38,39)40)17-26(37)16-22/h7-9,11-13,15-17,23-24,27,30H,2-6,10,14,18-21H2,1H3,(H,46,47)/b11-7-/t23-,24-,27-,30+,35-/m1/s1. The molecule has 256 valence electrons. The summed E-state index contributed by atoms with van der Waals surface area (Å²) in [6.45, 7) is 2.51. The van der Waals surface area contributed by atoms with Crippen molar-refractivity contribution in [3.05, 3.63) is 71.6 Å². The first-order chi connectivity index (χ1) is 22.9. The number of aliphatic carboxylic acids is 1. The number of carbonyl (C=O) groups is 3. The topological polar surface area (TPSA) is 102 Å². The Morgan fingerprint density at radius 2 is 1.92 bits per heavy atom. The van der Waals surface area contributed by atoms with Crippen molar-refractivity contribution in [1.29, 1.82) is 0 Å². The van der Waals surface area contributed by atoms with Crippen LogP contribution in [0.25, 0.3) is 11.0 Å². The molecule has 6 rings (SSSR count). The number of rotatable bonds is 6. The first kappa shape index (κ1) is 33.7. The lowest BCUT2D eigenvalue weighted by Gasteiger charge is -2.29. The Balaban J connectivity index is 1.33. The first-order valence-corrected chi connectivity index (χ1v) is 16.6. The van der Waals surface area contributed by atoms with Crippen LogP contribution in [0.3, 0.4) is 0 Å². The van der Waals surface area contributed by atoms with Gasteiger partial charge in [0.15, 0.2) is 5.78 Å². The molecule has 1 N–H and O–H groups in total. The molecular weight excluding hydrogens is 630 g/mol. The normalized spacial score (nSPS) is 27.6. The number of hydrogen-bond acceptors (Lipinski definition) is 5. The summed E-state index contributed by atoms with van der Waals surface area (Å²) < 4.78 is 63.3. The molecule has 3 heterocycles. The fourth-order valence-corrected chi connectivity index (χ4v) is 7.42. The minimum absolute atomic E-state index is 0.0129. The summed E-state index contributed by atoms with van der Waals surface area (Å²) in [6, 6.07) is 9.17. The van der Waals surface area contributed by atoms with Crippen LogP contribution >= 0.6 is 0 Å². The van der Waals surface area contributed by atoms with Gasteiger partial charge in [-0.3, -0.25) is 19.0 Å². The molecule has 0 spiro atoms. The summed E-state index contributed by atoms with van der Waals surface area (Å²) in [6.07, 6.45) is 1.60. The number of aromatic nitrogens is 2. The van der Waals surface area contributed by atoms with Crippen LogP contribution in [0.15, 0.2) is 54.6 Å². The largest absolute Gasteiger partial charge is 0.481 e. The van der Waals surface area contributed by atoms with Gasteiger partial charge < -0.3 is 14.7 Å². The number of carbonyl (C=O) groups excluding carboxylic acids is 2. The van der Waals surface area contributed by atoms with Gasteiger partial charge in [-0.1, -0.05) is 37.1 Å². The highest BCUT2D eigenvalue weighted by molar-refractivity contribution is 5.95. The molecule has 12 heteroatoms. The van der Waals surface area contributed by atoms with E-state index in [9.17, 15) is 37.1 Å². The first-order valence-electron chi connectivity index (χ1n) is 16.6. The van der Waals surface area contributed by atoms with E-state index in [1.165, 1.54) is 4.90 Å². The summed E-state index contributed by atoms with van der Waals surface area (Å²) in [4.78, 5) is 46.9. The number of alkyl halides is 3. The average Bonchev–Trinajstić information content (AvgIpc) is 3.38. The summed E-state index contributed by atoms with van der Waals surface area (Å²) in [5.74, 6) is -4.05. The number of ketones is 1. The summed E-state index contributed by atoms with van der Waals surface area (Å²) in [5.41, 5.74) is -0.752. The van der Waals surface area contributed by atoms with Gasteiger partial charge in [0.25, 0.3) is 6.01 Å². The highest BCUT2D eigenvalue weighted by Gasteiger charge is 2.61. The van der Waals surface area contributed by atoms with Crippen molar-refractivity contribution in [3.8, 4) is 6.01 Å². The monoisotopic (exact) mass is 669 g/mol. The molecule has 8 nitrogen and oxygen atoms in total. The molecule has 1 aliphatic carbocycles. The fourth-order valence-electron chi connectivity index (χ4n) is 7.42. The van der Waals surface area contributed by atoms with E-state index < -0.39 is 58.7 Å². The van der Waals surface area contributed by atoms with Crippen molar-refractivity contribution in [2.24, 2.45) is 17.3 Å². The number of carboxylic acids is 1. The van der Waals surface area contributed by atoms with Crippen molar-refractivity contribution in [3.63, 3.8) is 0 Å². The van der Waals surface area contributed by atoms with Crippen LogP contribution in [-0.4, -0.2) is 55.9 Å². The highest BCUT2D eigenvalue weighted by atomic mass is 19.4. The van der Waals surface area contributed by atoms with Crippen LogP contribution in [0.4, 0.5) is 17.6 Å². The third-order valence-electron chi connectivity index (χ3n) is 10.1. The van der Waals surface area contributed by atoms with Crippen molar-refractivity contribution in [2.75, 3.05) is 6.54 Å². The number of ether oxygens (including phenoxy) is 1. The summed E-state index contributed by atoms with van der Waals surface area (Å²) in [5, 5.41) is 10.2. The molecule has 1 amide bonds. The second-order valence-corrected chi connectivity index (χ2v) is 13.3. The van der Waals surface area contributed by atoms with E-state index in [4.69, 9.17) is 4.74 Å². The maximum atomic E-state index is 14.4. The van der Waals surface area contributed by atoms with Crippen LogP contribution in [0.5, 0.6) is 6.01 Å². The lowest BCUT2D eigenvalue weighted by Crippen LogP contribution is -2.45. The van der Waals surface area contributed by atoms with Gasteiger partial charge in [-0.25, -0.2) is 4.39 Å². The van der Waals surface area contributed by atoms with Crippen LogP contribution in [-0.2, 0) is 33.5 Å². The molecule has 2 fully saturated rings. The molecule has 0 unspecified atom stereocenters. The van der Waals surface area contributed by atoms with Crippen LogP contribution in [0, 0.1) is 23.1 Å². The van der Waals surface area contributed by atoms with Crippen molar-refractivity contribution in [2.45, 2.75) is 89.6 Å². The van der Waals surface area contributed by atoms with Gasteiger partial charge in [0, 0.05) is 25.3 Å². The zero-order chi connectivity index (χ0) is 34.2. The Kier molecular flexibility index (Phi) is 9.37. The maximum absolute atomic E-state index is 14.4. The number of carboxylic acid groups (broad SMARTS) is 1. The summed E-state index contributed by atoms with van der Waals surface area (Å²) >= 11 is 0. The minimum Gasteiger partial charge on any atom is -0.481 e. The number of allylic oxidation sites excluding steroid dienone is 2. The maximum Gasteiger partial charge on any atom is 0.416 e. The summed E-state index contributed by atoms with van der Waals surface area (Å²) in [7, 11) is 0. The Bertz CT molecular complexity index is 1740. The highest BCUT2D eigenvalue weighted by Crippen LogP contribution is 2.57. The predicted molar refractivity (Wildman–Crippen MR) is 169 cm³/mol. The molecule has 5 atom stereocenters. The SMILES string of the molecule is CCn1c(O[C@@H]2C[C@H]3C(=O)C[C@]4(C(=O)O)C[C@H]4/C=C\CCCCC[C@H](Cc4cc(F)cc(C(F)(F)F)c4)C(=O)N3C2)nc2ccccc21. The number of amides is 1. The van der Waals surface area contributed by atoms with Gasteiger partial charge in [0.05, 0.1) is 34.6 Å². The van der Waals surface area contributed by atoms with E-state index in [-0.39, 0.29) is 37.3 Å². The number of fused-ring (bicyclic) bond motifs is 3. The number of Topliss-reactive ketones (excluding diaryl/α,β-unsaturated/α-hetero) is 1. The van der Waals surface area contributed by atoms with E-state index in [0.29, 0.717) is 44.3 Å². The molecule has 2 aliphatic heterocycles. The zero-order valence-electron chi connectivity index (χ0n) is 26.7. The lowest BCUT2D eigenvalue weighted by molar-refractivity contribution is -0.147. The van der Waals surface area contributed by atoms with Gasteiger partial charge in [0.2, 0.25) is 5.91 Å². The Morgan fingerprint density at radius 3 is 2.67 bits per heavy atom. The van der Waals surface area contributed by atoms with Gasteiger partial charge in [-0.2, -0.15) is 18.2 Å². The van der Waals surface area contributed by atoms with Crippen LogP contribution in [0.1, 0.15) is 69.4 Å². The molecule has 48 heavy (non-hydrogen) atoms. The molecule has 3 aromatic rings. The second kappa shape index (κ2) is 13.4. The number of benzene rings is 2. The third kappa shape index (κ3) is 6.84. The smallest absolute Gasteiger partial charge is 0.416 e. The van der Waals surface area contributed by atoms with E-state index in [2.05, 4.69) is 4.98 Å². The van der Waals surface area contributed by atoms with Crippen molar-refractivity contribution < 1.29 is 41.8 Å². The second-order valence-electron chi connectivity index (χ2n) is 13.3. The lowest BCUT2D eigenvalue weighted by atomic mass is 9.90. The molecule has 1 saturated carbocycles. The zero-order valence-corrected chi connectivity index (χ0v) is 26.7. The molecule has 3 aliphatic rings. The van der Waals surface area contributed by atoms with Crippen molar-refractivity contribution >= 4 is 28.7 Å². The molecule has 1 saturated heterocycles. The van der Waals surface area contributed by atoms with Gasteiger partial charge in [0.1, 0.15) is 11.9 Å².